The van der Waals surface area contributed by atoms with E-state index in [0.717, 1.165) is 34.0 Å². The Morgan fingerprint density at radius 2 is 1.79 bits per heavy atom. The maximum atomic E-state index is 5.80. The van der Waals surface area contributed by atoms with Crippen LogP contribution in [-0.2, 0) is 13.0 Å². The lowest BCUT2D eigenvalue weighted by Crippen LogP contribution is -2.10. The Morgan fingerprint density at radius 1 is 0.958 bits per heavy atom. The molecule has 5 rings (SSSR count). The van der Waals surface area contributed by atoms with Crippen molar-refractivity contribution in [2.75, 3.05) is 0 Å². The smallest absolute Gasteiger partial charge is 0.178 e. The van der Waals surface area contributed by atoms with Crippen LogP contribution < -0.4 is 4.74 Å². The molecule has 0 bridgehead atoms. The Morgan fingerprint density at radius 3 is 2.71 bits per heavy atom. The molecule has 0 saturated carbocycles. The van der Waals surface area contributed by atoms with Gasteiger partial charge in [0.1, 0.15) is 18.1 Å². The molecule has 2 aromatic heterocycles. The molecule has 1 aliphatic rings. The molecule has 1 aliphatic heterocycles. The van der Waals surface area contributed by atoms with Gasteiger partial charge in [-0.15, -0.1) is 10.2 Å². The highest BCUT2D eigenvalue weighted by molar-refractivity contribution is 5.72. The topological polar surface area (TPSA) is 52.3 Å². The molecule has 2 aromatic carbocycles. The van der Waals surface area contributed by atoms with Crippen LogP contribution in [0.4, 0.5) is 0 Å². The van der Waals surface area contributed by atoms with Crippen molar-refractivity contribution in [2.45, 2.75) is 13.0 Å². The van der Waals surface area contributed by atoms with Crippen LogP contribution in [0.2, 0.25) is 0 Å². The van der Waals surface area contributed by atoms with Gasteiger partial charge in [0.25, 0.3) is 0 Å². The van der Waals surface area contributed by atoms with E-state index in [-0.39, 0.29) is 0 Å². The third-order valence-electron chi connectivity index (χ3n) is 4.27. The van der Waals surface area contributed by atoms with E-state index >= 15 is 0 Å². The summed E-state index contributed by atoms with van der Waals surface area (Å²) < 4.78 is 7.65. The molecule has 5 nitrogen and oxygen atoms in total. The van der Waals surface area contributed by atoms with E-state index in [1.54, 1.807) is 0 Å². The van der Waals surface area contributed by atoms with Gasteiger partial charge in [-0.1, -0.05) is 42.5 Å². The van der Waals surface area contributed by atoms with Crippen molar-refractivity contribution < 1.29 is 4.74 Å². The van der Waals surface area contributed by atoms with Crippen LogP contribution in [0.25, 0.3) is 16.9 Å². The second kappa shape index (κ2) is 5.16. The molecule has 0 atom stereocenters. The van der Waals surface area contributed by atoms with E-state index < -0.39 is 0 Å². The zero-order valence-electron chi connectivity index (χ0n) is 12.9. The average Bonchev–Trinajstić information content (AvgIpc) is 3.03. The van der Waals surface area contributed by atoms with E-state index in [2.05, 4.69) is 22.3 Å². The SMILES string of the molecule is c1ccc(Cc2nnc3cc4c(nn23)-c2ccccc2OC4)cc1. The number of hydrogen-bond acceptors (Lipinski definition) is 4. The van der Waals surface area contributed by atoms with Gasteiger partial charge in [0.2, 0.25) is 0 Å². The number of nitrogens with zero attached hydrogens (tertiary/aromatic N) is 4. The van der Waals surface area contributed by atoms with Gasteiger partial charge in [-0.25, -0.2) is 0 Å². The summed E-state index contributed by atoms with van der Waals surface area (Å²) >= 11 is 0. The molecule has 0 spiro atoms. The summed E-state index contributed by atoms with van der Waals surface area (Å²) in [5, 5.41) is 13.4. The molecule has 0 radical (unpaired) electrons. The van der Waals surface area contributed by atoms with E-state index in [1.165, 1.54) is 5.56 Å². The van der Waals surface area contributed by atoms with E-state index in [1.807, 2.05) is 53.0 Å². The Balaban J connectivity index is 1.66. The number of ether oxygens (including phenoxy) is 1. The first-order valence-electron chi connectivity index (χ1n) is 7.89. The number of fused-ring (bicyclic) bond motifs is 4. The molecular weight excluding hydrogens is 300 g/mol. The summed E-state index contributed by atoms with van der Waals surface area (Å²) in [7, 11) is 0. The largest absolute Gasteiger partial charge is 0.488 e. The Bertz CT molecular complexity index is 1040. The summed E-state index contributed by atoms with van der Waals surface area (Å²) in [4.78, 5) is 0. The quantitative estimate of drug-likeness (QED) is 0.570. The molecule has 116 valence electrons. The van der Waals surface area contributed by atoms with Crippen LogP contribution in [0.15, 0.2) is 60.7 Å². The van der Waals surface area contributed by atoms with Crippen LogP contribution >= 0.6 is 0 Å². The van der Waals surface area contributed by atoms with Crippen molar-refractivity contribution in [1.29, 1.82) is 0 Å². The highest BCUT2D eigenvalue weighted by Crippen LogP contribution is 2.35. The minimum atomic E-state index is 0.511. The zero-order valence-corrected chi connectivity index (χ0v) is 12.9. The van der Waals surface area contributed by atoms with Crippen molar-refractivity contribution in [1.82, 2.24) is 19.8 Å². The highest BCUT2D eigenvalue weighted by atomic mass is 16.5. The predicted octanol–water partition coefficient (Wildman–Crippen LogP) is 3.27. The summed E-state index contributed by atoms with van der Waals surface area (Å²) in [6, 6.07) is 20.2. The lowest BCUT2D eigenvalue weighted by molar-refractivity contribution is 0.301. The van der Waals surface area contributed by atoms with Gasteiger partial charge in [0.05, 0.1) is 0 Å². The molecule has 4 aromatic rings. The number of hydrogen-bond donors (Lipinski definition) is 0. The number of benzene rings is 2. The molecule has 24 heavy (non-hydrogen) atoms. The van der Waals surface area contributed by atoms with Gasteiger partial charge in [0, 0.05) is 17.5 Å². The maximum absolute atomic E-state index is 5.80. The van der Waals surface area contributed by atoms with E-state index in [0.29, 0.717) is 13.0 Å². The van der Waals surface area contributed by atoms with Crippen molar-refractivity contribution in [3.8, 4) is 17.0 Å². The Kier molecular flexibility index (Phi) is 2.85. The lowest BCUT2D eigenvalue weighted by atomic mass is 10.0. The van der Waals surface area contributed by atoms with Crippen molar-refractivity contribution in [3.05, 3.63) is 77.6 Å². The molecule has 5 heteroatoms. The Hall–Kier alpha value is -3.21. The molecule has 0 unspecified atom stereocenters. The van der Waals surface area contributed by atoms with Crippen molar-refractivity contribution in [2.24, 2.45) is 0 Å². The Labute approximate surface area is 138 Å². The van der Waals surface area contributed by atoms with Gasteiger partial charge < -0.3 is 4.74 Å². The third kappa shape index (κ3) is 2.06. The molecule has 0 N–H and O–H groups in total. The minimum Gasteiger partial charge on any atom is -0.488 e. The van der Waals surface area contributed by atoms with Gasteiger partial charge in [0.15, 0.2) is 11.5 Å². The maximum Gasteiger partial charge on any atom is 0.178 e. The van der Waals surface area contributed by atoms with Gasteiger partial charge in [-0.05, 0) is 23.8 Å². The van der Waals surface area contributed by atoms with Crippen LogP contribution in [0, 0.1) is 0 Å². The first-order valence-corrected chi connectivity index (χ1v) is 7.89. The first-order chi connectivity index (χ1) is 11.9. The minimum absolute atomic E-state index is 0.511. The van der Waals surface area contributed by atoms with Gasteiger partial charge in [-0.2, -0.15) is 9.61 Å². The second-order valence-corrected chi connectivity index (χ2v) is 5.85. The van der Waals surface area contributed by atoms with Crippen LogP contribution in [0.5, 0.6) is 5.75 Å². The summed E-state index contributed by atoms with van der Waals surface area (Å²) in [5.74, 6) is 1.71. The van der Waals surface area contributed by atoms with Crippen molar-refractivity contribution in [3.63, 3.8) is 0 Å². The average molecular weight is 314 g/mol. The first kappa shape index (κ1) is 13.2. The van der Waals surface area contributed by atoms with Crippen LogP contribution in [0.1, 0.15) is 17.0 Å². The molecule has 0 amide bonds. The highest BCUT2D eigenvalue weighted by Gasteiger charge is 2.21. The van der Waals surface area contributed by atoms with Crippen LogP contribution in [0.3, 0.4) is 0 Å². The lowest BCUT2D eigenvalue weighted by Gasteiger charge is -2.19. The normalized spacial score (nSPS) is 12.5. The monoisotopic (exact) mass is 314 g/mol. The summed E-state index contributed by atoms with van der Waals surface area (Å²) in [6.07, 6.45) is 0.700. The molecule has 0 saturated heterocycles. The molecule has 0 fully saturated rings. The zero-order chi connectivity index (χ0) is 15.9. The summed E-state index contributed by atoms with van der Waals surface area (Å²) in [5.41, 5.74) is 4.94. The number of aromatic nitrogens is 4. The standard InChI is InChI=1S/C19H14N4O/c1-2-6-13(7-3-1)10-17-20-21-18-11-14-12-24-16-9-5-4-8-15(16)19(14)22-23(17)18/h1-9,11H,10,12H2. The second-order valence-electron chi connectivity index (χ2n) is 5.85. The fourth-order valence-corrected chi connectivity index (χ4v) is 3.08. The fraction of sp³-hybridized carbons (Fsp3) is 0.105. The molecule has 3 heterocycles. The van der Waals surface area contributed by atoms with Gasteiger partial charge >= 0.3 is 0 Å². The van der Waals surface area contributed by atoms with E-state index in [9.17, 15) is 0 Å². The third-order valence-corrected chi connectivity index (χ3v) is 4.27. The number of para-hydroxylation sites is 1. The van der Waals surface area contributed by atoms with Gasteiger partial charge in [-0.3, -0.25) is 0 Å². The predicted molar refractivity (Wildman–Crippen MR) is 89.8 cm³/mol. The van der Waals surface area contributed by atoms with E-state index in [4.69, 9.17) is 9.84 Å². The summed E-state index contributed by atoms with van der Waals surface area (Å²) in [6.45, 7) is 0.511. The van der Waals surface area contributed by atoms with Crippen molar-refractivity contribution >= 4 is 5.65 Å². The molecular formula is C19H14N4O. The fourth-order valence-electron chi connectivity index (χ4n) is 3.08. The van der Waals surface area contributed by atoms with Crippen LogP contribution in [-0.4, -0.2) is 19.8 Å². The number of rotatable bonds is 2. The molecule has 0 aliphatic carbocycles.